The van der Waals surface area contributed by atoms with Crippen molar-refractivity contribution in [1.29, 1.82) is 0 Å². The second-order valence-corrected chi connectivity index (χ2v) is 3.36. The second kappa shape index (κ2) is 5.97. The van der Waals surface area contributed by atoms with Crippen molar-refractivity contribution in [3.63, 3.8) is 0 Å². The van der Waals surface area contributed by atoms with Crippen LogP contribution >= 0.6 is 12.4 Å². The van der Waals surface area contributed by atoms with Gasteiger partial charge in [0.2, 0.25) is 0 Å². The number of nitrogens with two attached hydrogens (primary N) is 1. The first kappa shape index (κ1) is 15.9. The number of rotatable bonds is 3. The minimum absolute atomic E-state index is 0. The Labute approximate surface area is 103 Å². The van der Waals surface area contributed by atoms with E-state index in [1.54, 1.807) is 0 Å². The highest BCUT2D eigenvalue weighted by Gasteiger charge is 2.31. The van der Waals surface area contributed by atoms with Gasteiger partial charge in [-0.3, -0.25) is 0 Å². The quantitative estimate of drug-likeness (QED) is 0.889. The molecule has 0 spiro atoms. The Morgan fingerprint density at radius 3 is 2.47 bits per heavy atom. The lowest BCUT2D eigenvalue weighted by atomic mass is 10.0. The highest BCUT2D eigenvalue weighted by atomic mass is 35.5. The van der Waals surface area contributed by atoms with Crippen LogP contribution in [0.3, 0.4) is 0 Å². The summed E-state index contributed by atoms with van der Waals surface area (Å²) >= 11 is 0. The molecule has 3 nitrogen and oxygen atoms in total. The summed E-state index contributed by atoms with van der Waals surface area (Å²) in [6, 6.07) is 2.74. The lowest BCUT2D eigenvalue weighted by Gasteiger charge is -2.15. The van der Waals surface area contributed by atoms with Crippen LogP contribution in [0.1, 0.15) is 18.0 Å². The molecule has 3 N–H and O–H groups in total. The summed E-state index contributed by atoms with van der Waals surface area (Å²) in [6.45, 7) is 0. The molecule has 0 aliphatic rings. The van der Waals surface area contributed by atoms with Crippen LogP contribution in [0.25, 0.3) is 0 Å². The van der Waals surface area contributed by atoms with E-state index in [1.807, 2.05) is 0 Å². The number of hydrogen-bond acceptors (Lipinski definition) is 3. The average Bonchev–Trinajstić information content (AvgIpc) is 2.15. The van der Waals surface area contributed by atoms with E-state index in [0.29, 0.717) is 0 Å². The number of phenols is 1. The third-order valence-electron chi connectivity index (χ3n) is 2.08. The maximum absolute atomic E-state index is 12.1. The normalized spacial score (nSPS) is 12.8. The molecule has 0 radical (unpaired) electrons. The number of alkyl halides is 3. The van der Waals surface area contributed by atoms with Crippen molar-refractivity contribution < 1.29 is 23.0 Å². The summed E-state index contributed by atoms with van der Waals surface area (Å²) in [7, 11) is 1.31. The van der Waals surface area contributed by atoms with E-state index in [4.69, 9.17) is 10.5 Å². The zero-order valence-electron chi connectivity index (χ0n) is 8.99. The highest BCUT2D eigenvalue weighted by molar-refractivity contribution is 5.85. The van der Waals surface area contributed by atoms with Crippen molar-refractivity contribution in [3.05, 3.63) is 23.8 Å². The molecule has 0 saturated heterocycles. The van der Waals surface area contributed by atoms with Crippen LogP contribution in [0.5, 0.6) is 11.5 Å². The molecule has 0 aromatic heterocycles. The van der Waals surface area contributed by atoms with Crippen LogP contribution < -0.4 is 10.5 Å². The first-order chi connectivity index (χ1) is 7.33. The van der Waals surface area contributed by atoms with E-state index in [2.05, 4.69) is 0 Å². The van der Waals surface area contributed by atoms with Gasteiger partial charge in [0, 0.05) is 6.04 Å². The Morgan fingerprint density at radius 2 is 2.00 bits per heavy atom. The summed E-state index contributed by atoms with van der Waals surface area (Å²) in [5.41, 5.74) is 5.67. The van der Waals surface area contributed by atoms with Crippen LogP contribution in [0.4, 0.5) is 13.2 Å². The molecule has 1 aromatic carbocycles. The molecular weight excluding hydrogens is 259 g/mol. The van der Waals surface area contributed by atoms with Crippen LogP contribution in [-0.2, 0) is 0 Å². The molecule has 1 aromatic rings. The fraction of sp³-hybridized carbons (Fsp3) is 0.400. The Kier molecular flexibility index (Phi) is 5.57. The molecule has 0 unspecified atom stereocenters. The molecule has 0 amide bonds. The van der Waals surface area contributed by atoms with Crippen LogP contribution in [0.2, 0.25) is 0 Å². The third kappa shape index (κ3) is 4.70. The minimum atomic E-state index is -4.31. The van der Waals surface area contributed by atoms with Gasteiger partial charge in [0.1, 0.15) is 0 Å². The SMILES string of the molecule is COc1cc([C@H](N)CC(F)(F)F)ccc1O.Cl. The van der Waals surface area contributed by atoms with Gasteiger partial charge in [-0.25, -0.2) is 0 Å². The number of benzene rings is 1. The maximum atomic E-state index is 12.1. The molecule has 7 heteroatoms. The molecule has 0 bridgehead atoms. The summed E-state index contributed by atoms with van der Waals surface area (Å²) in [5.74, 6) is -0.0272. The zero-order valence-corrected chi connectivity index (χ0v) is 9.81. The lowest BCUT2D eigenvalue weighted by molar-refractivity contribution is -0.138. The molecule has 0 heterocycles. The van der Waals surface area contributed by atoms with Gasteiger partial charge in [-0.05, 0) is 17.7 Å². The zero-order chi connectivity index (χ0) is 12.3. The topological polar surface area (TPSA) is 55.5 Å². The van der Waals surface area contributed by atoms with Crippen molar-refractivity contribution in [3.8, 4) is 11.5 Å². The van der Waals surface area contributed by atoms with Gasteiger partial charge in [0.05, 0.1) is 13.5 Å². The first-order valence-electron chi connectivity index (χ1n) is 4.52. The van der Waals surface area contributed by atoms with Gasteiger partial charge in [-0.15, -0.1) is 12.4 Å². The standard InChI is InChI=1S/C10H12F3NO2.ClH/c1-16-9-4-6(2-3-8(9)15)7(14)5-10(11,12)13;/h2-4,7,15H,5,14H2,1H3;1H/t7-;/m1./s1. The summed E-state index contributed by atoms with van der Waals surface area (Å²) in [4.78, 5) is 0. The molecule has 98 valence electrons. The summed E-state index contributed by atoms with van der Waals surface area (Å²) < 4.78 is 41.1. The molecule has 0 aliphatic heterocycles. The molecule has 0 fully saturated rings. The number of methoxy groups -OCH3 is 1. The molecule has 1 atom stereocenters. The predicted octanol–water partition coefficient (Wildman–Crippen LogP) is 2.77. The van der Waals surface area contributed by atoms with E-state index in [0.717, 1.165) is 0 Å². The van der Waals surface area contributed by atoms with Crippen LogP contribution in [0.15, 0.2) is 18.2 Å². The largest absolute Gasteiger partial charge is 0.504 e. The molecule has 0 saturated carbocycles. The smallest absolute Gasteiger partial charge is 0.390 e. The van der Waals surface area contributed by atoms with Crippen LogP contribution in [0, 0.1) is 0 Å². The maximum Gasteiger partial charge on any atom is 0.390 e. The van der Waals surface area contributed by atoms with Crippen LogP contribution in [-0.4, -0.2) is 18.4 Å². The predicted molar refractivity (Wildman–Crippen MR) is 59.5 cm³/mol. The van der Waals surface area contributed by atoms with E-state index in [9.17, 15) is 18.3 Å². The number of aromatic hydroxyl groups is 1. The van der Waals surface area contributed by atoms with E-state index < -0.39 is 18.6 Å². The Morgan fingerprint density at radius 1 is 1.41 bits per heavy atom. The fourth-order valence-corrected chi connectivity index (χ4v) is 1.29. The summed E-state index contributed by atoms with van der Waals surface area (Å²) in [5, 5.41) is 9.26. The van der Waals surface area contributed by atoms with Gasteiger partial charge in [0.15, 0.2) is 11.5 Å². The van der Waals surface area contributed by atoms with Gasteiger partial charge in [-0.1, -0.05) is 6.07 Å². The second-order valence-electron chi connectivity index (χ2n) is 3.36. The first-order valence-corrected chi connectivity index (χ1v) is 4.52. The van der Waals surface area contributed by atoms with Crippen molar-refractivity contribution in [1.82, 2.24) is 0 Å². The Bertz CT molecular complexity index is 371. The molecule has 17 heavy (non-hydrogen) atoms. The fourth-order valence-electron chi connectivity index (χ4n) is 1.29. The average molecular weight is 272 g/mol. The molecule has 1 rings (SSSR count). The Balaban J connectivity index is 0.00000256. The minimum Gasteiger partial charge on any atom is -0.504 e. The molecule has 0 aliphatic carbocycles. The van der Waals surface area contributed by atoms with Gasteiger partial charge in [0.25, 0.3) is 0 Å². The van der Waals surface area contributed by atoms with E-state index in [-0.39, 0.29) is 29.5 Å². The number of ether oxygens (including phenoxy) is 1. The molecular formula is C10H13ClF3NO2. The Hall–Kier alpha value is -1.14. The van der Waals surface area contributed by atoms with Crippen molar-refractivity contribution in [2.24, 2.45) is 5.73 Å². The van der Waals surface area contributed by atoms with Crippen molar-refractivity contribution >= 4 is 12.4 Å². The van der Waals surface area contributed by atoms with Crippen molar-refractivity contribution in [2.75, 3.05) is 7.11 Å². The lowest BCUT2D eigenvalue weighted by Crippen LogP contribution is -2.20. The van der Waals surface area contributed by atoms with Gasteiger partial charge in [-0.2, -0.15) is 13.2 Å². The monoisotopic (exact) mass is 271 g/mol. The number of phenolic OH excluding ortho intramolecular Hbond substituents is 1. The van der Waals surface area contributed by atoms with Gasteiger partial charge >= 0.3 is 6.18 Å². The number of hydrogen-bond donors (Lipinski definition) is 2. The van der Waals surface area contributed by atoms with E-state index in [1.165, 1.54) is 25.3 Å². The third-order valence-corrected chi connectivity index (χ3v) is 2.08. The van der Waals surface area contributed by atoms with E-state index >= 15 is 0 Å². The highest BCUT2D eigenvalue weighted by Crippen LogP contribution is 2.32. The summed E-state index contributed by atoms with van der Waals surface area (Å²) in [6.07, 6.45) is -5.43. The van der Waals surface area contributed by atoms with Gasteiger partial charge < -0.3 is 15.6 Å². The van der Waals surface area contributed by atoms with Crippen molar-refractivity contribution in [2.45, 2.75) is 18.6 Å². The number of halogens is 4.